The number of piperidine rings is 1. The molecule has 1 aromatic heterocycles. The van der Waals surface area contributed by atoms with Crippen molar-refractivity contribution in [3.05, 3.63) is 66.0 Å². The zero-order valence-electron chi connectivity index (χ0n) is 15.6. The van der Waals surface area contributed by atoms with Crippen molar-refractivity contribution in [1.82, 2.24) is 15.2 Å². The van der Waals surface area contributed by atoms with Crippen molar-refractivity contribution < 1.29 is 9.59 Å². The molecule has 1 atom stereocenters. The predicted molar refractivity (Wildman–Crippen MR) is 105 cm³/mol. The molecule has 27 heavy (non-hydrogen) atoms. The number of nitrogens with one attached hydrogen (secondary N) is 1. The maximum atomic E-state index is 13.0. The highest BCUT2D eigenvalue weighted by molar-refractivity contribution is 5.88. The third kappa shape index (κ3) is 5.64. The molecule has 5 nitrogen and oxygen atoms in total. The van der Waals surface area contributed by atoms with Crippen LogP contribution in [-0.2, 0) is 16.0 Å². The first-order chi connectivity index (χ1) is 13.2. The molecule has 1 aliphatic rings. The molecule has 2 aromatic rings. The van der Waals surface area contributed by atoms with Crippen molar-refractivity contribution in [2.24, 2.45) is 0 Å². The second-order valence-corrected chi connectivity index (χ2v) is 7.01. The van der Waals surface area contributed by atoms with Gasteiger partial charge in [-0.2, -0.15) is 0 Å². The van der Waals surface area contributed by atoms with Crippen molar-refractivity contribution in [2.75, 3.05) is 13.1 Å². The molecule has 0 saturated carbocycles. The number of pyridine rings is 1. The number of aromatic nitrogens is 1. The summed E-state index contributed by atoms with van der Waals surface area (Å²) in [5, 5.41) is 2.97. The lowest BCUT2D eigenvalue weighted by Crippen LogP contribution is -2.44. The van der Waals surface area contributed by atoms with E-state index in [1.807, 2.05) is 53.6 Å². The van der Waals surface area contributed by atoms with Crippen molar-refractivity contribution in [2.45, 2.75) is 44.6 Å². The first kappa shape index (κ1) is 19.1. The summed E-state index contributed by atoms with van der Waals surface area (Å²) in [4.78, 5) is 31.5. The monoisotopic (exact) mass is 365 g/mol. The highest BCUT2D eigenvalue weighted by Crippen LogP contribution is 2.19. The fourth-order valence-electron chi connectivity index (χ4n) is 3.46. The van der Waals surface area contributed by atoms with Crippen LogP contribution >= 0.6 is 0 Å². The Labute approximate surface area is 160 Å². The van der Waals surface area contributed by atoms with E-state index < -0.39 is 6.04 Å². The van der Waals surface area contributed by atoms with Gasteiger partial charge in [0.25, 0.3) is 0 Å². The normalized spacial score (nSPS) is 15.2. The first-order valence-corrected chi connectivity index (χ1v) is 9.76. The molecule has 0 bridgehead atoms. The van der Waals surface area contributed by atoms with Gasteiger partial charge in [0, 0.05) is 31.9 Å². The van der Waals surface area contributed by atoms with Crippen LogP contribution in [0.1, 0.15) is 49.3 Å². The molecule has 1 saturated heterocycles. The van der Waals surface area contributed by atoms with Crippen LogP contribution in [-0.4, -0.2) is 34.8 Å². The number of likely N-dealkylation sites (tertiary alicyclic amines) is 1. The van der Waals surface area contributed by atoms with E-state index >= 15 is 0 Å². The van der Waals surface area contributed by atoms with Gasteiger partial charge in [-0.15, -0.1) is 0 Å². The number of amides is 2. The second kappa shape index (κ2) is 9.86. The Morgan fingerprint density at radius 1 is 1.04 bits per heavy atom. The summed E-state index contributed by atoms with van der Waals surface area (Å²) < 4.78 is 0. The van der Waals surface area contributed by atoms with E-state index in [2.05, 4.69) is 10.3 Å². The summed E-state index contributed by atoms with van der Waals surface area (Å²) in [5.74, 6) is -0.0837. The SMILES string of the molecule is O=C(CCCc1cccnc1)NC(C(=O)N1CCCCC1)c1ccccc1. The van der Waals surface area contributed by atoms with Crippen molar-refractivity contribution in [3.8, 4) is 0 Å². The molecule has 1 aliphatic heterocycles. The summed E-state index contributed by atoms with van der Waals surface area (Å²) in [5.41, 5.74) is 1.96. The highest BCUT2D eigenvalue weighted by Gasteiger charge is 2.28. The molecule has 1 unspecified atom stereocenters. The van der Waals surface area contributed by atoms with Crippen molar-refractivity contribution >= 4 is 11.8 Å². The van der Waals surface area contributed by atoms with Gasteiger partial charge in [0.05, 0.1) is 0 Å². The molecule has 2 amide bonds. The number of nitrogens with zero attached hydrogens (tertiary/aromatic N) is 2. The molecule has 1 N–H and O–H groups in total. The largest absolute Gasteiger partial charge is 0.341 e. The molecule has 5 heteroatoms. The standard InChI is InChI=1S/C22H27N3O2/c26-20(13-7-9-18-10-8-14-23-17-18)24-21(19-11-3-1-4-12-19)22(27)25-15-5-2-6-16-25/h1,3-4,8,10-12,14,17,21H,2,5-7,9,13,15-16H2,(H,24,26). The Morgan fingerprint density at radius 2 is 1.81 bits per heavy atom. The third-order valence-corrected chi connectivity index (χ3v) is 4.95. The lowest BCUT2D eigenvalue weighted by Gasteiger charge is -2.31. The van der Waals surface area contributed by atoms with E-state index in [0.717, 1.165) is 49.9 Å². The molecule has 3 rings (SSSR count). The van der Waals surface area contributed by atoms with E-state index in [1.165, 1.54) is 6.42 Å². The number of aryl methyl sites for hydroxylation is 1. The molecule has 1 fully saturated rings. The molecular formula is C22H27N3O2. The van der Waals surface area contributed by atoms with Gasteiger partial charge >= 0.3 is 0 Å². The number of hydrogen-bond acceptors (Lipinski definition) is 3. The number of carbonyl (C=O) groups excluding carboxylic acids is 2. The lowest BCUT2D eigenvalue weighted by atomic mass is 10.0. The molecule has 0 radical (unpaired) electrons. The van der Waals surface area contributed by atoms with Gasteiger partial charge in [-0.1, -0.05) is 36.4 Å². The van der Waals surface area contributed by atoms with E-state index in [4.69, 9.17) is 0 Å². The zero-order chi connectivity index (χ0) is 18.9. The molecule has 0 spiro atoms. The van der Waals surface area contributed by atoms with Gasteiger partial charge in [-0.25, -0.2) is 0 Å². The number of carbonyl (C=O) groups is 2. The predicted octanol–water partition coefficient (Wildman–Crippen LogP) is 3.27. The number of hydrogen-bond donors (Lipinski definition) is 1. The summed E-state index contributed by atoms with van der Waals surface area (Å²) in [7, 11) is 0. The minimum atomic E-state index is -0.602. The van der Waals surface area contributed by atoms with Crippen LogP contribution in [0.2, 0.25) is 0 Å². The molecule has 142 valence electrons. The molecular weight excluding hydrogens is 338 g/mol. The quantitative estimate of drug-likeness (QED) is 0.819. The van der Waals surface area contributed by atoms with Gasteiger partial charge in [0.15, 0.2) is 0 Å². The van der Waals surface area contributed by atoms with Gasteiger partial charge in [-0.05, 0) is 49.3 Å². The van der Waals surface area contributed by atoms with Crippen molar-refractivity contribution in [3.63, 3.8) is 0 Å². The van der Waals surface area contributed by atoms with Gasteiger partial charge in [-0.3, -0.25) is 14.6 Å². The summed E-state index contributed by atoms with van der Waals surface area (Å²) >= 11 is 0. The Balaban J connectivity index is 1.60. The fourth-order valence-corrected chi connectivity index (χ4v) is 3.46. The summed E-state index contributed by atoms with van der Waals surface area (Å²) in [6, 6.07) is 12.8. The van der Waals surface area contributed by atoms with E-state index in [9.17, 15) is 9.59 Å². The average Bonchev–Trinajstić information content (AvgIpc) is 2.73. The number of benzene rings is 1. The topological polar surface area (TPSA) is 62.3 Å². The van der Waals surface area contributed by atoms with Gasteiger partial charge in [0.2, 0.25) is 11.8 Å². The Bertz CT molecular complexity index is 728. The third-order valence-electron chi connectivity index (χ3n) is 4.95. The molecule has 0 aliphatic carbocycles. The summed E-state index contributed by atoms with van der Waals surface area (Å²) in [6.45, 7) is 1.55. The summed E-state index contributed by atoms with van der Waals surface area (Å²) in [6.07, 6.45) is 8.73. The van der Waals surface area contributed by atoms with Crippen LogP contribution in [0.15, 0.2) is 54.9 Å². The van der Waals surface area contributed by atoms with Gasteiger partial charge < -0.3 is 10.2 Å². The van der Waals surface area contributed by atoms with Crippen LogP contribution in [0, 0.1) is 0 Å². The maximum Gasteiger partial charge on any atom is 0.249 e. The Kier molecular flexibility index (Phi) is 6.97. The van der Waals surface area contributed by atoms with Gasteiger partial charge in [0.1, 0.15) is 6.04 Å². The fraction of sp³-hybridized carbons (Fsp3) is 0.409. The van der Waals surface area contributed by atoms with Crippen LogP contribution in [0.4, 0.5) is 0 Å². The lowest BCUT2D eigenvalue weighted by molar-refractivity contribution is -0.137. The van der Waals surface area contributed by atoms with Crippen LogP contribution < -0.4 is 5.32 Å². The van der Waals surface area contributed by atoms with E-state index in [0.29, 0.717) is 6.42 Å². The molecule has 2 heterocycles. The maximum absolute atomic E-state index is 13.0. The number of rotatable bonds is 7. The smallest absolute Gasteiger partial charge is 0.249 e. The van der Waals surface area contributed by atoms with E-state index in [1.54, 1.807) is 6.20 Å². The van der Waals surface area contributed by atoms with Crippen LogP contribution in [0.3, 0.4) is 0 Å². The van der Waals surface area contributed by atoms with Crippen LogP contribution in [0.25, 0.3) is 0 Å². The zero-order valence-corrected chi connectivity index (χ0v) is 15.6. The first-order valence-electron chi connectivity index (χ1n) is 9.76. The van der Waals surface area contributed by atoms with Crippen molar-refractivity contribution in [1.29, 1.82) is 0 Å². The van der Waals surface area contributed by atoms with Crippen LogP contribution in [0.5, 0.6) is 0 Å². The average molecular weight is 365 g/mol. The highest BCUT2D eigenvalue weighted by atomic mass is 16.2. The minimum absolute atomic E-state index is 0.00140. The Hall–Kier alpha value is -2.69. The second-order valence-electron chi connectivity index (χ2n) is 7.01. The van der Waals surface area contributed by atoms with E-state index in [-0.39, 0.29) is 11.8 Å². The Morgan fingerprint density at radius 3 is 2.52 bits per heavy atom. The molecule has 1 aromatic carbocycles. The minimum Gasteiger partial charge on any atom is -0.341 e.